The molecule has 13 nitrogen and oxygen atoms in total. The summed E-state index contributed by atoms with van der Waals surface area (Å²) in [7, 11) is 0. The minimum Gasteiger partial charge on any atom is -0.480 e. The predicted molar refractivity (Wildman–Crippen MR) is 91.2 cm³/mol. The molecule has 0 saturated heterocycles. The Morgan fingerprint density at radius 2 is 1.93 bits per heavy atom. The summed E-state index contributed by atoms with van der Waals surface area (Å²) in [5.74, 6) is -3.99. The van der Waals surface area contributed by atoms with Crippen LogP contribution < -0.4 is 10.1 Å². The molecule has 1 rings (SSSR count). The highest BCUT2D eigenvalue weighted by molar-refractivity contribution is 6.28. The van der Waals surface area contributed by atoms with Gasteiger partial charge in [-0.25, -0.2) is 19.4 Å². The summed E-state index contributed by atoms with van der Waals surface area (Å²) < 4.78 is 9.90. The summed E-state index contributed by atoms with van der Waals surface area (Å²) >= 11 is 5.53. The van der Waals surface area contributed by atoms with E-state index in [2.05, 4.69) is 9.97 Å². The monoisotopic (exact) mass is 420 g/mol. The molecule has 14 heteroatoms. The van der Waals surface area contributed by atoms with E-state index in [4.69, 9.17) is 21.1 Å². The van der Waals surface area contributed by atoms with Crippen LogP contribution in [0.2, 0.25) is 5.28 Å². The third kappa shape index (κ3) is 7.19. The van der Waals surface area contributed by atoms with Crippen molar-refractivity contribution in [1.29, 1.82) is 0 Å². The number of hydrogen-bond acceptors (Lipinski definition) is 9. The molecule has 0 fully saturated rings. The normalized spacial score (nSPS) is 13.1. The number of aromatic nitrogens is 2. The minimum absolute atomic E-state index is 0.452. The van der Waals surface area contributed by atoms with Crippen molar-refractivity contribution in [3.8, 4) is 5.88 Å². The molecular weight excluding hydrogens is 404 g/mol. The van der Waals surface area contributed by atoms with Gasteiger partial charge in [-0.1, -0.05) is 0 Å². The number of ether oxygens (including phenoxy) is 2. The summed E-state index contributed by atoms with van der Waals surface area (Å²) in [4.78, 5) is 51.4. The number of nitro groups is 1. The number of carboxylic acid groups (broad SMARTS) is 2. The summed E-state index contributed by atoms with van der Waals surface area (Å²) in [5.41, 5.74) is -1.70. The van der Waals surface area contributed by atoms with Crippen LogP contribution in [0.3, 0.4) is 0 Å². The van der Waals surface area contributed by atoms with Crippen LogP contribution in [-0.2, 0) is 14.3 Å². The van der Waals surface area contributed by atoms with Gasteiger partial charge in [-0.05, 0) is 32.4 Å². The van der Waals surface area contributed by atoms with Gasteiger partial charge in [0.25, 0.3) is 5.88 Å². The predicted octanol–water partition coefficient (Wildman–Crippen LogP) is 1.24. The van der Waals surface area contributed by atoms with Gasteiger partial charge in [0, 0.05) is 6.42 Å². The molecule has 0 radical (unpaired) electrons. The fourth-order valence-corrected chi connectivity index (χ4v) is 1.90. The average molecular weight is 421 g/mol. The first-order valence-electron chi connectivity index (χ1n) is 7.59. The van der Waals surface area contributed by atoms with Gasteiger partial charge in [0.05, 0.1) is 4.92 Å². The summed E-state index contributed by atoms with van der Waals surface area (Å²) in [6.07, 6.45) is -3.10. The Kier molecular flexibility index (Phi) is 7.43. The molecule has 3 N–H and O–H groups in total. The van der Waals surface area contributed by atoms with Crippen molar-refractivity contribution in [3.63, 3.8) is 0 Å². The third-order valence-electron chi connectivity index (χ3n) is 2.87. The molecule has 1 heterocycles. The highest BCUT2D eigenvalue weighted by Gasteiger charge is 2.33. The number of nitrogens with zero attached hydrogens (tertiary/aromatic N) is 3. The van der Waals surface area contributed by atoms with E-state index in [1.165, 1.54) is 0 Å². The molecule has 0 aromatic carbocycles. The molecular formula is C14H17ClN4O9. The standard InChI is InChI=1S/C14H17ClN4O9/c1-14(2,3)28-13(24)17-6(10(20)21)4-8(11(22)23)27-9-7(19(25)26)5-16-12(15)18-9/h5-6,8H,4H2,1-3H3,(H,17,24)(H,20,21)(H,22,23)/t6-,8?/m0/s1. The molecule has 0 spiro atoms. The maximum atomic E-state index is 11.8. The van der Waals surface area contributed by atoms with Crippen molar-refractivity contribution >= 4 is 35.3 Å². The summed E-state index contributed by atoms with van der Waals surface area (Å²) in [6.45, 7) is 4.64. The van der Waals surface area contributed by atoms with Crippen molar-refractivity contribution in [2.45, 2.75) is 44.9 Å². The summed E-state index contributed by atoms with van der Waals surface area (Å²) in [6, 6.07) is -1.73. The molecule has 0 aliphatic rings. The smallest absolute Gasteiger partial charge is 0.408 e. The van der Waals surface area contributed by atoms with Gasteiger partial charge >= 0.3 is 23.7 Å². The van der Waals surface area contributed by atoms with Crippen LogP contribution in [0.1, 0.15) is 27.2 Å². The molecule has 0 saturated carbocycles. The average Bonchev–Trinajstić information content (AvgIpc) is 2.50. The number of alkyl carbamates (subject to hydrolysis) is 1. The lowest BCUT2D eigenvalue weighted by atomic mass is 10.1. The zero-order valence-electron chi connectivity index (χ0n) is 14.9. The quantitative estimate of drug-likeness (QED) is 0.311. The second-order valence-corrected chi connectivity index (χ2v) is 6.64. The second kappa shape index (κ2) is 9.12. The van der Waals surface area contributed by atoms with Crippen molar-refractivity contribution < 1.29 is 39.0 Å². The number of rotatable bonds is 8. The topological polar surface area (TPSA) is 191 Å². The molecule has 28 heavy (non-hydrogen) atoms. The highest BCUT2D eigenvalue weighted by atomic mass is 35.5. The number of carboxylic acids is 2. The zero-order valence-corrected chi connectivity index (χ0v) is 15.7. The van der Waals surface area contributed by atoms with Crippen LogP contribution >= 0.6 is 11.6 Å². The van der Waals surface area contributed by atoms with Gasteiger partial charge in [0.2, 0.25) is 5.28 Å². The number of nitrogens with one attached hydrogen (secondary N) is 1. The number of halogens is 1. The largest absolute Gasteiger partial charge is 0.480 e. The van der Waals surface area contributed by atoms with E-state index in [1.807, 2.05) is 5.32 Å². The van der Waals surface area contributed by atoms with Crippen LogP contribution in [0, 0.1) is 10.1 Å². The Hall–Kier alpha value is -3.22. The Morgan fingerprint density at radius 1 is 1.32 bits per heavy atom. The second-order valence-electron chi connectivity index (χ2n) is 6.30. The molecule has 0 aliphatic carbocycles. The Labute approximate surface area is 162 Å². The first kappa shape index (κ1) is 22.8. The van der Waals surface area contributed by atoms with E-state index in [9.17, 15) is 34.7 Å². The first-order valence-corrected chi connectivity index (χ1v) is 7.96. The zero-order chi connectivity index (χ0) is 21.6. The van der Waals surface area contributed by atoms with Gasteiger partial charge in [0.15, 0.2) is 6.10 Å². The van der Waals surface area contributed by atoms with Gasteiger partial charge in [-0.2, -0.15) is 4.98 Å². The fraction of sp³-hybridized carbons (Fsp3) is 0.500. The van der Waals surface area contributed by atoms with Gasteiger partial charge in [-0.15, -0.1) is 0 Å². The minimum atomic E-state index is -1.92. The van der Waals surface area contributed by atoms with Crippen LogP contribution in [-0.4, -0.2) is 60.9 Å². The first-order chi connectivity index (χ1) is 12.8. The van der Waals surface area contributed by atoms with E-state index in [1.54, 1.807) is 20.8 Å². The third-order valence-corrected chi connectivity index (χ3v) is 3.05. The molecule has 0 aliphatic heterocycles. The Balaban J connectivity index is 3.03. The van der Waals surface area contributed by atoms with Crippen LogP contribution in [0.4, 0.5) is 10.5 Å². The van der Waals surface area contributed by atoms with Crippen LogP contribution in [0.5, 0.6) is 5.88 Å². The van der Waals surface area contributed by atoms with Crippen molar-refractivity contribution in [2.75, 3.05) is 0 Å². The lowest BCUT2D eigenvalue weighted by Gasteiger charge is -2.23. The Morgan fingerprint density at radius 3 is 2.39 bits per heavy atom. The maximum absolute atomic E-state index is 11.8. The summed E-state index contributed by atoms with van der Waals surface area (Å²) in [5, 5.41) is 31.0. The van der Waals surface area contributed by atoms with Gasteiger partial charge in [0.1, 0.15) is 17.8 Å². The van der Waals surface area contributed by atoms with Gasteiger partial charge < -0.3 is 25.0 Å². The maximum Gasteiger partial charge on any atom is 0.408 e. The molecule has 1 aromatic heterocycles. The number of carbonyl (C=O) groups is 3. The van der Waals surface area contributed by atoms with Crippen LogP contribution in [0.15, 0.2) is 6.20 Å². The van der Waals surface area contributed by atoms with Gasteiger partial charge in [-0.3, -0.25) is 10.1 Å². The molecule has 1 unspecified atom stereocenters. The molecule has 1 aromatic rings. The number of carbonyl (C=O) groups excluding carboxylic acids is 1. The fourth-order valence-electron chi connectivity index (χ4n) is 1.77. The lowest BCUT2D eigenvalue weighted by molar-refractivity contribution is -0.386. The lowest BCUT2D eigenvalue weighted by Crippen LogP contribution is -2.47. The molecule has 1 amide bonds. The van der Waals surface area contributed by atoms with Crippen molar-refractivity contribution in [1.82, 2.24) is 15.3 Å². The van der Waals surface area contributed by atoms with E-state index in [0.29, 0.717) is 6.20 Å². The SMILES string of the molecule is CC(C)(C)OC(=O)N[C@@H](CC(Oc1nc(Cl)ncc1[N+](=O)[O-])C(=O)O)C(=O)O. The van der Waals surface area contributed by atoms with E-state index in [-0.39, 0.29) is 0 Å². The molecule has 0 bridgehead atoms. The molecule has 154 valence electrons. The van der Waals surface area contributed by atoms with E-state index < -0.39 is 64.0 Å². The van der Waals surface area contributed by atoms with E-state index >= 15 is 0 Å². The number of hydrogen-bond donors (Lipinski definition) is 3. The number of aliphatic carboxylic acids is 2. The number of amides is 1. The van der Waals surface area contributed by atoms with Crippen LogP contribution in [0.25, 0.3) is 0 Å². The molecule has 2 atom stereocenters. The van der Waals surface area contributed by atoms with E-state index in [0.717, 1.165) is 0 Å². The Bertz CT molecular complexity index is 781. The van der Waals surface area contributed by atoms with Crippen molar-refractivity contribution in [2.24, 2.45) is 0 Å². The highest BCUT2D eigenvalue weighted by Crippen LogP contribution is 2.26. The van der Waals surface area contributed by atoms with Crippen molar-refractivity contribution in [3.05, 3.63) is 21.6 Å².